The summed E-state index contributed by atoms with van der Waals surface area (Å²) in [7, 11) is 0. The van der Waals surface area contributed by atoms with Gasteiger partial charge in [0.2, 0.25) is 0 Å². The normalized spacial score (nSPS) is 14.6. The molecule has 2 aromatic carbocycles. The van der Waals surface area contributed by atoms with E-state index in [2.05, 4.69) is 0 Å². The fourth-order valence-electron chi connectivity index (χ4n) is 4.46. The molecular weight excluding hydrogens is 461 g/mol. The molecule has 0 saturated heterocycles. The largest absolute Gasteiger partial charge is 0.479 e. The SMILES string of the molecule is Cc1ccc(-c2c(C)c3c(c(C)c2C(OC(C)(C)C)C(=O)O)CN(C(=O)NCC(F)(F)F)C3)cc1. The first-order valence-corrected chi connectivity index (χ1v) is 11.3. The molecule has 0 saturated carbocycles. The fraction of sp³-hybridized carbons (Fsp3) is 0.462. The van der Waals surface area contributed by atoms with Gasteiger partial charge in [-0.3, -0.25) is 0 Å². The summed E-state index contributed by atoms with van der Waals surface area (Å²) in [5.41, 5.74) is 5.26. The van der Waals surface area contributed by atoms with Gasteiger partial charge in [0.1, 0.15) is 6.54 Å². The van der Waals surface area contributed by atoms with Crippen molar-refractivity contribution < 1.29 is 32.6 Å². The van der Waals surface area contributed by atoms with Crippen molar-refractivity contribution in [1.29, 1.82) is 0 Å². The number of hydrogen-bond donors (Lipinski definition) is 2. The molecule has 0 aliphatic carbocycles. The third-order valence-electron chi connectivity index (χ3n) is 6.04. The summed E-state index contributed by atoms with van der Waals surface area (Å²) in [5, 5.41) is 12.1. The summed E-state index contributed by atoms with van der Waals surface area (Å²) >= 11 is 0. The van der Waals surface area contributed by atoms with Crippen LogP contribution in [0.4, 0.5) is 18.0 Å². The van der Waals surface area contributed by atoms with Crippen molar-refractivity contribution in [1.82, 2.24) is 10.2 Å². The number of nitrogens with one attached hydrogen (secondary N) is 1. The Balaban J connectivity index is 2.16. The van der Waals surface area contributed by atoms with Crippen LogP contribution >= 0.6 is 0 Å². The minimum Gasteiger partial charge on any atom is -0.479 e. The summed E-state index contributed by atoms with van der Waals surface area (Å²) in [6.07, 6.45) is -5.79. The summed E-state index contributed by atoms with van der Waals surface area (Å²) in [6.45, 7) is 9.69. The molecule has 1 aliphatic rings. The summed E-state index contributed by atoms with van der Waals surface area (Å²) in [6, 6.07) is 6.85. The number of ether oxygens (including phenoxy) is 1. The van der Waals surface area contributed by atoms with Crippen LogP contribution in [-0.4, -0.2) is 40.3 Å². The molecule has 1 unspecified atom stereocenters. The lowest BCUT2D eigenvalue weighted by molar-refractivity contribution is -0.160. The van der Waals surface area contributed by atoms with Crippen molar-refractivity contribution in [3.63, 3.8) is 0 Å². The van der Waals surface area contributed by atoms with Crippen molar-refractivity contribution >= 4 is 12.0 Å². The molecule has 0 spiro atoms. The molecule has 9 heteroatoms. The van der Waals surface area contributed by atoms with Gasteiger partial charge < -0.3 is 20.1 Å². The topological polar surface area (TPSA) is 78.9 Å². The zero-order chi connectivity index (χ0) is 26.3. The first-order chi connectivity index (χ1) is 16.1. The lowest BCUT2D eigenvalue weighted by Gasteiger charge is -2.29. The number of alkyl halides is 3. The predicted octanol–water partition coefficient (Wildman–Crippen LogP) is 5.81. The summed E-state index contributed by atoms with van der Waals surface area (Å²) in [4.78, 5) is 26.2. The number of halogens is 3. The fourth-order valence-corrected chi connectivity index (χ4v) is 4.46. The number of aryl methyl sites for hydroxylation is 1. The van der Waals surface area contributed by atoms with Crippen LogP contribution in [0.5, 0.6) is 0 Å². The van der Waals surface area contributed by atoms with Gasteiger partial charge in [-0.05, 0) is 74.9 Å². The molecular formula is C26H31F3N2O4. The molecule has 2 N–H and O–H groups in total. The molecule has 190 valence electrons. The smallest absolute Gasteiger partial charge is 0.405 e. The van der Waals surface area contributed by atoms with Crippen LogP contribution in [0.1, 0.15) is 60.3 Å². The molecule has 3 rings (SSSR count). The number of urea groups is 1. The number of amides is 2. The lowest BCUT2D eigenvalue weighted by atomic mass is 9.83. The van der Waals surface area contributed by atoms with E-state index >= 15 is 0 Å². The summed E-state index contributed by atoms with van der Waals surface area (Å²) < 4.78 is 43.8. The van der Waals surface area contributed by atoms with E-state index in [4.69, 9.17) is 4.74 Å². The Morgan fingerprint density at radius 3 is 2.06 bits per heavy atom. The molecule has 1 atom stereocenters. The molecule has 2 amide bonds. The number of carboxylic acids is 1. The highest BCUT2D eigenvalue weighted by Crippen LogP contribution is 2.43. The molecule has 1 heterocycles. The maximum absolute atomic E-state index is 12.6. The van der Waals surface area contributed by atoms with Crippen LogP contribution in [-0.2, 0) is 22.6 Å². The zero-order valence-corrected chi connectivity index (χ0v) is 20.8. The van der Waals surface area contributed by atoms with Gasteiger partial charge in [0, 0.05) is 18.7 Å². The highest BCUT2D eigenvalue weighted by molar-refractivity contribution is 5.85. The summed E-state index contributed by atoms with van der Waals surface area (Å²) in [5.74, 6) is -1.14. The Bertz CT molecular complexity index is 1140. The molecule has 0 bridgehead atoms. The average molecular weight is 493 g/mol. The van der Waals surface area contributed by atoms with E-state index in [0.717, 1.165) is 27.8 Å². The Kier molecular flexibility index (Phi) is 7.22. The Morgan fingerprint density at radius 1 is 1.03 bits per heavy atom. The second-order valence-electron chi connectivity index (χ2n) is 9.94. The highest BCUT2D eigenvalue weighted by Gasteiger charge is 2.37. The van der Waals surface area contributed by atoms with Gasteiger partial charge in [-0.1, -0.05) is 29.8 Å². The lowest BCUT2D eigenvalue weighted by Crippen LogP contribution is -2.41. The zero-order valence-electron chi connectivity index (χ0n) is 20.8. The quantitative estimate of drug-likeness (QED) is 0.552. The standard InChI is InChI=1S/C26H31F3N2O4/c1-14-7-9-17(10-8-14)20-15(2)18-11-31(24(34)30-13-26(27,28)29)12-19(18)16(3)21(20)22(23(32)33)35-25(4,5)6/h7-10,22H,11-13H2,1-6H3,(H,30,34)(H,32,33). The average Bonchev–Trinajstić information content (AvgIpc) is 3.19. The van der Waals surface area contributed by atoms with E-state index in [-0.39, 0.29) is 13.1 Å². The molecule has 35 heavy (non-hydrogen) atoms. The number of benzene rings is 2. The molecule has 0 radical (unpaired) electrons. The molecule has 6 nitrogen and oxygen atoms in total. The van der Waals surface area contributed by atoms with Crippen molar-refractivity contribution in [2.75, 3.05) is 6.54 Å². The van der Waals surface area contributed by atoms with Crippen LogP contribution in [0.3, 0.4) is 0 Å². The Labute approximate surface area is 203 Å². The monoisotopic (exact) mass is 492 g/mol. The molecule has 0 aromatic heterocycles. The van der Waals surface area contributed by atoms with Crippen LogP contribution in [0, 0.1) is 20.8 Å². The van der Waals surface area contributed by atoms with E-state index in [9.17, 15) is 27.9 Å². The van der Waals surface area contributed by atoms with E-state index in [0.29, 0.717) is 16.7 Å². The van der Waals surface area contributed by atoms with Gasteiger partial charge in [0.15, 0.2) is 6.10 Å². The maximum atomic E-state index is 12.6. The van der Waals surface area contributed by atoms with Gasteiger partial charge >= 0.3 is 18.2 Å². The highest BCUT2D eigenvalue weighted by atomic mass is 19.4. The van der Waals surface area contributed by atoms with Crippen LogP contribution in [0.2, 0.25) is 0 Å². The first-order valence-electron chi connectivity index (χ1n) is 11.3. The van der Waals surface area contributed by atoms with Crippen LogP contribution in [0.15, 0.2) is 24.3 Å². The number of aliphatic carboxylic acids is 1. The molecule has 0 fully saturated rings. The Hall–Kier alpha value is -3.07. The molecule has 2 aromatic rings. The first kappa shape index (κ1) is 26.5. The number of rotatable bonds is 5. The van der Waals surface area contributed by atoms with Crippen molar-refractivity contribution in [2.24, 2.45) is 0 Å². The van der Waals surface area contributed by atoms with Gasteiger partial charge in [0.25, 0.3) is 0 Å². The number of fused-ring (bicyclic) bond motifs is 1. The van der Waals surface area contributed by atoms with Gasteiger partial charge in [-0.15, -0.1) is 0 Å². The number of carbonyl (C=O) groups is 2. The predicted molar refractivity (Wildman–Crippen MR) is 126 cm³/mol. The third kappa shape index (κ3) is 5.96. The van der Waals surface area contributed by atoms with Crippen molar-refractivity contribution in [2.45, 2.75) is 72.5 Å². The van der Waals surface area contributed by atoms with Crippen molar-refractivity contribution in [3.05, 3.63) is 57.6 Å². The maximum Gasteiger partial charge on any atom is 0.405 e. The van der Waals surface area contributed by atoms with Crippen molar-refractivity contribution in [3.8, 4) is 11.1 Å². The second-order valence-corrected chi connectivity index (χ2v) is 9.94. The number of hydrogen-bond acceptors (Lipinski definition) is 3. The Morgan fingerprint density at radius 2 is 1.57 bits per heavy atom. The van der Waals surface area contributed by atoms with Gasteiger partial charge in [-0.2, -0.15) is 13.2 Å². The number of nitrogens with zero attached hydrogens (tertiary/aromatic N) is 1. The van der Waals surface area contributed by atoms with Gasteiger partial charge in [-0.25, -0.2) is 9.59 Å². The van der Waals surface area contributed by atoms with E-state index in [1.54, 1.807) is 27.7 Å². The minimum absolute atomic E-state index is 0.0781. The second kappa shape index (κ2) is 9.53. The van der Waals surface area contributed by atoms with Crippen LogP contribution in [0.25, 0.3) is 11.1 Å². The number of carbonyl (C=O) groups excluding carboxylic acids is 1. The minimum atomic E-state index is -4.52. The molecule has 1 aliphatic heterocycles. The van der Waals surface area contributed by atoms with E-state index in [1.165, 1.54) is 4.90 Å². The van der Waals surface area contributed by atoms with Crippen LogP contribution < -0.4 is 5.32 Å². The van der Waals surface area contributed by atoms with E-state index < -0.39 is 36.4 Å². The third-order valence-corrected chi connectivity index (χ3v) is 6.04. The van der Waals surface area contributed by atoms with Gasteiger partial charge in [0.05, 0.1) is 5.60 Å². The number of carboxylic acid groups (broad SMARTS) is 1. The van der Waals surface area contributed by atoms with E-state index in [1.807, 2.05) is 43.4 Å².